The van der Waals surface area contributed by atoms with Crippen LogP contribution in [-0.4, -0.2) is 0 Å². The van der Waals surface area contributed by atoms with Gasteiger partial charge < -0.3 is 5.32 Å². The van der Waals surface area contributed by atoms with Crippen LogP contribution in [0.2, 0.25) is 0 Å². The third kappa shape index (κ3) is 2.55. The van der Waals surface area contributed by atoms with Crippen LogP contribution in [0.1, 0.15) is 35.1 Å². The van der Waals surface area contributed by atoms with E-state index >= 15 is 0 Å². The van der Waals surface area contributed by atoms with E-state index in [4.69, 9.17) is 0 Å². The molecule has 0 spiro atoms. The molecule has 1 aliphatic heterocycles. The van der Waals surface area contributed by atoms with Crippen molar-refractivity contribution in [3.63, 3.8) is 0 Å². The summed E-state index contributed by atoms with van der Waals surface area (Å²) in [6.45, 7) is 2.15. The highest BCUT2D eigenvalue weighted by molar-refractivity contribution is 5.71. The summed E-state index contributed by atoms with van der Waals surface area (Å²) in [5.41, 5.74) is 8.02. The molecular weight excluding hydrogens is 314 g/mol. The molecule has 26 heavy (non-hydrogen) atoms. The lowest BCUT2D eigenvalue weighted by atomic mass is 9.76. The topological polar surface area (TPSA) is 12.0 Å². The molecule has 1 nitrogen and oxygen atoms in total. The maximum Gasteiger partial charge on any atom is 0.0553 e. The number of anilines is 1. The fourth-order valence-corrected chi connectivity index (χ4v) is 4.51. The van der Waals surface area contributed by atoms with Crippen molar-refractivity contribution < 1.29 is 0 Å². The van der Waals surface area contributed by atoms with Gasteiger partial charge in [-0.2, -0.15) is 0 Å². The molecule has 0 bridgehead atoms. The van der Waals surface area contributed by atoms with E-state index in [0.29, 0.717) is 17.9 Å². The number of hydrogen-bond acceptors (Lipinski definition) is 1. The van der Waals surface area contributed by atoms with E-state index < -0.39 is 0 Å². The van der Waals surface area contributed by atoms with Gasteiger partial charge in [0.05, 0.1) is 6.04 Å². The van der Waals surface area contributed by atoms with Crippen LogP contribution in [0.15, 0.2) is 84.9 Å². The molecule has 3 atom stereocenters. The number of allylic oxidation sites excluding steroid dienone is 2. The number of nitrogens with one attached hydrogen (secondary N) is 1. The second kappa shape index (κ2) is 6.17. The molecule has 0 saturated heterocycles. The van der Waals surface area contributed by atoms with E-state index in [9.17, 15) is 0 Å². The Morgan fingerprint density at radius 1 is 0.846 bits per heavy atom. The molecule has 0 fully saturated rings. The van der Waals surface area contributed by atoms with Crippen LogP contribution in [-0.2, 0) is 0 Å². The minimum absolute atomic E-state index is 0.380. The standard InChI is InChI=1S/C25H23N/c1-17-10-12-19(13-11-17)25-22-9-5-8-21(22)23-16-20(14-15-24(23)26-25)18-6-3-2-4-7-18/h2-8,10-16,21-22,25-26H,9H2,1H3/t21-,22-,25+/m1/s1. The number of hydrogen-bond donors (Lipinski definition) is 1. The Morgan fingerprint density at radius 2 is 1.65 bits per heavy atom. The molecule has 3 aromatic carbocycles. The lowest BCUT2D eigenvalue weighted by molar-refractivity contribution is 0.425. The van der Waals surface area contributed by atoms with Crippen LogP contribution in [0, 0.1) is 12.8 Å². The summed E-state index contributed by atoms with van der Waals surface area (Å²) in [6.07, 6.45) is 5.92. The minimum atomic E-state index is 0.380. The van der Waals surface area contributed by atoms with Gasteiger partial charge in [-0.25, -0.2) is 0 Å². The second-order valence-corrected chi connectivity index (χ2v) is 7.55. The van der Waals surface area contributed by atoms with Crippen molar-refractivity contribution in [2.45, 2.75) is 25.3 Å². The number of aryl methyl sites for hydroxylation is 1. The Morgan fingerprint density at radius 3 is 2.46 bits per heavy atom. The zero-order valence-corrected chi connectivity index (χ0v) is 15.0. The van der Waals surface area contributed by atoms with Crippen molar-refractivity contribution in [2.75, 3.05) is 5.32 Å². The minimum Gasteiger partial charge on any atom is -0.378 e. The van der Waals surface area contributed by atoms with Gasteiger partial charge in [0.1, 0.15) is 0 Å². The van der Waals surface area contributed by atoms with Crippen LogP contribution in [0.3, 0.4) is 0 Å². The highest BCUT2D eigenvalue weighted by Crippen LogP contribution is 2.50. The molecule has 1 heteroatoms. The molecule has 128 valence electrons. The van der Waals surface area contributed by atoms with Gasteiger partial charge in [-0.05, 0) is 53.6 Å². The van der Waals surface area contributed by atoms with Crippen molar-refractivity contribution in [2.24, 2.45) is 5.92 Å². The first-order valence-electron chi connectivity index (χ1n) is 9.49. The average molecular weight is 337 g/mol. The summed E-state index contributed by atoms with van der Waals surface area (Å²) < 4.78 is 0. The SMILES string of the molecule is Cc1ccc([C@@H]2Nc3ccc(-c4ccccc4)cc3[C@@H]3C=CC[C@H]32)cc1. The fourth-order valence-electron chi connectivity index (χ4n) is 4.51. The Bertz CT molecular complexity index is 953. The Hall–Kier alpha value is -2.80. The third-order valence-corrected chi connectivity index (χ3v) is 5.91. The Kier molecular flexibility index (Phi) is 3.67. The van der Waals surface area contributed by atoms with E-state index in [-0.39, 0.29) is 0 Å². The molecule has 1 N–H and O–H groups in total. The monoisotopic (exact) mass is 337 g/mol. The molecule has 0 amide bonds. The molecule has 3 aromatic rings. The van der Waals surface area contributed by atoms with Gasteiger partial charge >= 0.3 is 0 Å². The van der Waals surface area contributed by atoms with E-state index in [1.54, 1.807) is 0 Å². The van der Waals surface area contributed by atoms with E-state index in [0.717, 1.165) is 6.42 Å². The maximum absolute atomic E-state index is 3.84. The van der Waals surface area contributed by atoms with E-state index in [2.05, 4.69) is 97.2 Å². The summed E-state index contributed by atoms with van der Waals surface area (Å²) in [4.78, 5) is 0. The van der Waals surface area contributed by atoms with Gasteiger partial charge in [0.15, 0.2) is 0 Å². The smallest absolute Gasteiger partial charge is 0.0553 e. The number of benzene rings is 3. The number of fused-ring (bicyclic) bond motifs is 3. The largest absolute Gasteiger partial charge is 0.378 e. The Balaban J connectivity index is 1.56. The molecule has 0 unspecified atom stereocenters. The summed E-state index contributed by atoms with van der Waals surface area (Å²) in [5, 5.41) is 3.84. The molecular formula is C25H23N. The van der Waals surface area contributed by atoms with Crippen molar-refractivity contribution in [1.29, 1.82) is 0 Å². The van der Waals surface area contributed by atoms with Gasteiger partial charge in [0.25, 0.3) is 0 Å². The normalized spacial score (nSPS) is 23.2. The van der Waals surface area contributed by atoms with Crippen LogP contribution < -0.4 is 5.32 Å². The Labute approximate surface area is 155 Å². The molecule has 2 aliphatic rings. The van der Waals surface area contributed by atoms with Crippen molar-refractivity contribution in [3.05, 3.63) is 102 Å². The second-order valence-electron chi connectivity index (χ2n) is 7.55. The van der Waals surface area contributed by atoms with Crippen molar-refractivity contribution >= 4 is 5.69 Å². The van der Waals surface area contributed by atoms with Crippen LogP contribution in [0.25, 0.3) is 11.1 Å². The van der Waals surface area contributed by atoms with Crippen LogP contribution in [0.4, 0.5) is 5.69 Å². The predicted octanol–water partition coefficient (Wildman–Crippen LogP) is 6.49. The van der Waals surface area contributed by atoms with Gasteiger partial charge in [0.2, 0.25) is 0 Å². The summed E-state index contributed by atoms with van der Waals surface area (Å²) in [5.74, 6) is 1.09. The summed E-state index contributed by atoms with van der Waals surface area (Å²) >= 11 is 0. The molecule has 0 aromatic heterocycles. The molecule has 1 aliphatic carbocycles. The van der Waals surface area contributed by atoms with Crippen molar-refractivity contribution in [1.82, 2.24) is 0 Å². The quantitative estimate of drug-likeness (QED) is 0.527. The first kappa shape index (κ1) is 15.5. The first-order chi connectivity index (χ1) is 12.8. The fraction of sp³-hybridized carbons (Fsp3) is 0.200. The maximum atomic E-state index is 3.84. The van der Waals surface area contributed by atoms with Gasteiger partial charge in [-0.15, -0.1) is 0 Å². The van der Waals surface area contributed by atoms with Crippen LogP contribution >= 0.6 is 0 Å². The zero-order valence-electron chi connectivity index (χ0n) is 15.0. The third-order valence-electron chi connectivity index (χ3n) is 5.91. The van der Waals surface area contributed by atoms with E-state index in [1.165, 1.54) is 33.5 Å². The molecule has 0 saturated carbocycles. The molecule has 1 heterocycles. The lowest BCUT2D eigenvalue weighted by Gasteiger charge is -2.38. The average Bonchev–Trinajstić information content (AvgIpc) is 3.19. The van der Waals surface area contributed by atoms with Gasteiger partial charge in [-0.1, -0.05) is 78.4 Å². The van der Waals surface area contributed by atoms with Crippen LogP contribution in [0.5, 0.6) is 0 Å². The predicted molar refractivity (Wildman–Crippen MR) is 109 cm³/mol. The lowest BCUT2D eigenvalue weighted by Crippen LogP contribution is -2.29. The zero-order chi connectivity index (χ0) is 17.5. The molecule has 5 rings (SSSR count). The van der Waals surface area contributed by atoms with Gasteiger partial charge in [0, 0.05) is 11.6 Å². The number of rotatable bonds is 2. The summed E-state index contributed by atoms with van der Waals surface area (Å²) in [6, 6.07) is 27.0. The van der Waals surface area contributed by atoms with E-state index in [1.807, 2.05) is 0 Å². The highest BCUT2D eigenvalue weighted by Gasteiger charge is 2.37. The molecule has 0 radical (unpaired) electrons. The highest BCUT2D eigenvalue weighted by atomic mass is 15.0. The summed E-state index contributed by atoms with van der Waals surface area (Å²) in [7, 11) is 0. The van der Waals surface area contributed by atoms with Crippen molar-refractivity contribution in [3.8, 4) is 11.1 Å². The van der Waals surface area contributed by atoms with Gasteiger partial charge in [-0.3, -0.25) is 0 Å². The first-order valence-corrected chi connectivity index (χ1v) is 9.49.